The Labute approximate surface area is 244 Å². The molecule has 0 saturated carbocycles. The Morgan fingerprint density at radius 3 is 1.05 bits per heavy atom. The van der Waals surface area contributed by atoms with Crippen molar-refractivity contribution >= 4 is 12.1 Å². The fraction of sp³-hybridized carbons (Fsp3) is 0.926. The molecule has 244 valence electrons. The number of carbonyl (C=O) groups is 2. The van der Waals surface area contributed by atoms with Crippen molar-refractivity contribution in [1.82, 2.24) is 4.90 Å². The third kappa shape index (κ3) is 32.8. The summed E-state index contributed by atoms with van der Waals surface area (Å²) in [6.07, 6.45) is -0.374. The third-order valence-corrected chi connectivity index (χ3v) is 4.71. The molecule has 0 aromatic carbocycles. The van der Waals surface area contributed by atoms with E-state index in [0.717, 1.165) is 0 Å². The summed E-state index contributed by atoms with van der Waals surface area (Å²) in [5, 5.41) is 8.47. The van der Waals surface area contributed by atoms with E-state index in [9.17, 15) is 9.59 Å². The standard InChI is InChI=1S/C27H53NO13/c1-27(2,3)41-26(31)28(4)6-8-33-10-12-35-14-16-37-18-20-39-22-24-40-23-21-38-19-17-36-15-13-34-11-9-32-7-5-25(29)30/h5-24H2,1-4H3,(H,29,30). The second-order valence-electron chi connectivity index (χ2n) is 9.56. The van der Waals surface area contributed by atoms with Crippen LogP contribution in [0.5, 0.6) is 0 Å². The molecular formula is C27H53NO13. The lowest BCUT2D eigenvalue weighted by atomic mass is 10.2. The van der Waals surface area contributed by atoms with Crippen LogP contribution in [0.2, 0.25) is 0 Å². The number of nitrogens with zero attached hydrogens (tertiary/aromatic N) is 1. The number of amides is 1. The maximum atomic E-state index is 11.8. The summed E-state index contributed by atoms with van der Waals surface area (Å²) >= 11 is 0. The second-order valence-corrected chi connectivity index (χ2v) is 9.56. The minimum absolute atomic E-state index is 0.00459. The molecule has 0 spiro atoms. The molecular weight excluding hydrogens is 546 g/mol. The van der Waals surface area contributed by atoms with Gasteiger partial charge >= 0.3 is 12.1 Å². The highest BCUT2D eigenvalue weighted by Gasteiger charge is 2.19. The predicted molar refractivity (Wildman–Crippen MR) is 148 cm³/mol. The first-order chi connectivity index (χ1) is 19.7. The molecule has 0 bridgehead atoms. The summed E-state index contributed by atoms with van der Waals surface area (Å²) in [4.78, 5) is 23.6. The van der Waals surface area contributed by atoms with Crippen LogP contribution in [0, 0.1) is 0 Å². The molecule has 0 aliphatic carbocycles. The molecule has 0 rings (SSSR count). The maximum Gasteiger partial charge on any atom is 0.410 e. The number of hydrogen-bond acceptors (Lipinski definition) is 12. The van der Waals surface area contributed by atoms with E-state index >= 15 is 0 Å². The fourth-order valence-corrected chi connectivity index (χ4v) is 2.65. The maximum absolute atomic E-state index is 11.8. The molecule has 0 unspecified atom stereocenters. The number of hydrogen-bond donors (Lipinski definition) is 1. The summed E-state index contributed by atoms with van der Waals surface area (Å²) in [6, 6.07) is 0. The monoisotopic (exact) mass is 599 g/mol. The van der Waals surface area contributed by atoms with Gasteiger partial charge in [0.1, 0.15) is 5.60 Å². The third-order valence-electron chi connectivity index (χ3n) is 4.71. The SMILES string of the molecule is CN(CCOCCOCCOCCOCCOCCOCCOCCOCCOCCC(=O)O)C(=O)OC(C)(C)C. The number of rotatable bonds is 30. The molecule has 1 amide bonds. The van der Waals surface area contributed by atoms with Gasteiger partial charge in [0.05, 0.1) is 125 Å². The number of carbonyl (C=O) groups excluding carboxylic acids is 1. The van der Waals surface area contributed by atoms with Crippen molar-refractivity contribution < 1.29 is 62.1 Å². The van der Waals surface area contributed by atoms with Crippen molar-refractivity contribution in [3.8, 4) is 0 Å². The van der Waals surface area contributed by atoms with Gasteiger partial charge in [-0.15, -0.1) is 0 Å². The first-order valence-electron chi connectivity index (χ1n) is 14.1. The van der Waals surface area contributed by atoms with Gasteiger partial charge in [-0.2, -0.15) is 0 Å². The van der Waals surface area contributed by atoms with E-state index in [2.05, 4.69) is 0 Å². The number of aliphatic carboxylic acids is 1. The van der Waals surface area contributed by atoms with Crippen molar-refractivity contribution in [3.05, 3.63) is 0 Å². The van der Waals surface area contributed by atoms with Crippen LogP contribution in [0.4, 0.5) is 4.79 Å². The van der Waals surface area contributed by atoms with Crippen LogP contribution in [-0.2, 0) is 52.2 Å². The summed E-state index contributed by atoms with van der Waals surface area (Å²) in [6.45, 7) is 13.9. The van der Waals surface area contributed by atoms with Crippen LogP contribution >= 0.6 is 0 Å². The minimum atomic E-state index is -0.877. The van der Waals surface area contributed by atoms with Crippen LogP contribution in [0.1, 0.15) is 27.2 Å². The molecule has 41 heavy (non-hydrogen) atoms. The fourth-order valence-electron chi connectivity index (χ4n) is 2.65. The van der Waals surface area contributed by atoms with E-state index in [0.29, 0.717) is 119 Å². The number of carboxylic acid groups (broad SMARTS) is 1. The zero-order valence-electron chi connectivity index (χ0n) is 25.4. The average Bonchev–Trinajstić information content (AvgIpc) is 2.91. The van der Waals surface area contributed by atoms with E-state index in [4.69, 9.17) is 52.5 Å². The van der Waals surface area contributed by atoms with Crippen LogP contribution < -0.4 is 0 Å². The molecule has 0 heterocycles. The van der Waals surface area contributed by atoms with Gasteiger partial charge in [0.15, 0.2) is 0 Å². The lowest BCUT2D eigenvalue weighted by Crippen LogP contribution is -2.36. The summed E-state index contributed by atoms with van der Waals surface area (Å²) < 4.78 is 53.7. The van der Waals surface area contributed by atoms with E-state index in [-0.39, 0.29) is 19.1 Å². The first kappa shape index (κ1) is 39.4. The van der Waals surface area contributed by atoms with Crippen molar-refractivity contribution in [3.63, 3.8) is 0 Å². The van der Waals surface area contributed by atoms with Crippen molar-refractivity contribution in [2.45, 2.75) is 32.8 Å². The van der Waals surface area contributed by atoms with Crippen LogP contribution in [0.25, 0.3) is 0 Å². The molecule has 0 fully saturated rings. The zero-order valence-corrected chi connectivity index (χ0v) is 25.4. The van der Waals surface area contributed by atoms with Gasteiger partial charge in [-0.05, 0) is 20.8 Å². The van der Waals surface area contributed by atoms with Gasteiger partial charge in [-0.25, -0.2) is 4.79 Å². The normalized spacial score (nSPS) is 11.6. The lowest BCUT2D eigenvalue weighted by Gasteiger charge is -2.24. The Bertz CT molecular complexity index is 604. The van der Waals surface area contributed by atoms with E-state index in [1.54, 1.807) is 7.05 Å². The second kappa shape index (κ2) is 28.5. The van der Waals surface area contributed by atoms with Gasteiger partial charge in [-0.3, -0.25) is 4.79 Å². The highest BCUT2D eigenvalue weighted by Crippen LogP contribution is 2.08. The Morgan fingerprint density at radius 1 is 0.512 bits per heavy atom. The Balaban J connectivity index is 3.16. The Morgan fingerprint density at radius 2 is 0.780 bits per heavy atom. The van der Waals surface area contributed by atoms with Crippen molar-refractivity contribution in [1.29, 1.82) is 0 Å². The molecule has 0 aliphatic heterocycles. The summed E-state index contributed by atoms with van der Waals surface area (Å²) in [7, 11) is 1.68. The molecule has 14 heteroatoms. The van der Waals surface area contributed by atoms with Crippen LogP contribution in [0.3, 0.4) is 0 Å². The van der Waals surface area contributed by atoms with Crippen molar-refractivity contribution in [2.75, 3.05) is 133 Å². The number of likely N-dealkylation sites (N-methyl/N-ethyl adjacent to an activating group) is 1. The van der Waals surface area contributed by atoms with E-state index < -0.39 is 11.6 Å². The van der Waals surface area contributed by atoms with Gasteiger partial charge in [0, 0.05) is 13.6 Å². The molecule has 0 atom stereocenters. The zero-order chi connectivity index (χ0) is 30.4. The average molecular weight is 600 g/mol. The Kier molecular flexibility index (Phi) is 27.4. The largest absolute Gasteiger partial charge is 0.481 e. The number of carboxylic acids is 1. The van der Waals surface area contributed by atoms with Gasteiger partial charge in [0.25, 0.3) is 0 Å². The quantitative estimate of drug-likeness (QED) is 0.119. The van der Waals surface area contributed by atoms with Crippen LogP contribution in [0.15, 0.2) is 0 Å². The summed E-state index contributed by atoms with van der Waals surface area (Å²) in [5.74, 6) is -0.877. The molecule has 0 aromatic rings. The Hall–Kier alpha value is -1.62. The molecule has 0 aromatic heterocycles. The predicted octanol–water partition coefficient (Wildman–Crippen LogP) is 1.48. The molecule has 0 aliphatic rings. The number of ether oxygens (including phenoxy) is 10. The van der Waals surface area contributed by atoms with Gasteiger partial charge < -0.3 is 57.4 Å². The lowest BCUT2D eigenvalue weighted by molar-refractivity contribution is -0.138. The van der Waals surface area contributed by atoms with E-state index in [1.807, 2.05) is 20.8 Å². The first-order valence-corrected chi connectivity index (χ1v) is 14.1. The van der Waals surface area contributed by atoms with E-state index in [1.165, 1.54) is 4.90 Å². The molecule has 14 nitrogen and oxygen atoms in total. The summed E-state index contributed by atoms with van der Waals surface area (Å²) in [5.41, 5.74) is -0.512. The van der Waals surface area contributed by atoms with Crippen molar-refractivity contribution in [2.24, 2.45) is 0 Å². The highest BCUT2D eigenvalue weighted by molar-refractivity contribution is 5.67. The smallest absolute Gasteiger partial charge is 0.410 e. The highest BCUT2D eigenvalue weighted by atomic mass is 16.6. The molecule has 0 radical (unpaired) electrons. The molecule has 1 N–H and O–H groups in total. The topological polar surface area (TPSA) is 150 Å². The minimum Gasteiger partial charge on any atom is -0.481 e. The van der Waals surface area contributed by atoms with Crippen LogP contribution in [-0.4, -0.2) is 160 Å². The molecule has 0 saturated heterocycles. The van der Waals surface area contributed by atoms with Gasteiger partial charge in [-0.1, -0.05) is 0 Å². The van der Waals surface area contributed by atoms with Gasteiger partial charge in [0.2, 0.25) is 0 Å².